The number of carbonyl (C=O) groups is 1. The molecule has 0 radical (unpaired) electrons. The van der Waals surface area contributed by atoms with E-state index in [1.165, 1.54) is 0 Å². The lowest BCUT2D eigenvalue weighted by Gasteiger charge is -2.33. The molecule has 4 rings (SSSR count). The number of likely N-dealkylation sites (tertiary alicyclic amines) is 1. The molecule has 1 aromatic carbocycles. The minimum absolute atomic E-state index is 0.0381. The average Bonchev–Trinajstić information content (AvgIpc) is 3.19. The van der Waals surface area contributed by atoms with E-state index in [9.17, 15) is 4.79 Å². The highest BCUT2D eigenvalue weighted by atomic mass is 16.5. The minimum atomic E-state index is -0.0381. The van der Waals surface area contributed by atoms with Gasteiger partial charge in [0.05, 0.1) is 12.8 Å². The highest BCUT2D eigenvalue weighted by Crippen LogP contribution is 2.39. The first-order valence-corrected chi connectivity index (χ1v) is 8.56. The molecule has 3 aliphatic heterocycles. The number of amidine groups is 1. The van der Waals surface area contributed by atoms with Crippen molar-refractivity contribution in [3.05, 3.63) is 23.8 Å². The molecule has 3 heterocycles. The Morgan fingerprint density at radius 3 is 2.96 bits per heavy atom. The lowest BCUT2D eigenvalue weighted by atomic mass is 9.80. The molecule has 0 aliphatic carbocycles. The molecule has 0 atom stereocenters. The van der Waals surface area contributed by atoms with Crippen LogP contribution in [0.15, 0.2) is 23.2 Å². The third kappa shape index (κ3) is 2.75. The molecular formula is C18H23N3O3. The first-order chi connectivity index (χ1) is 11.7. The summed E-state index contributed by atoms with van der Waals surface area (Å²) in [7, 11) is 1.66. The minimum Gasteiger partial charge on any atom is -0.496 e. The average molecular weight is 329 g/mol. The molecule has 0 aromatic heterocycles. The zero-order valence-corrected chi connectivity index (χ0v) is 14.0. The number of urea groups is 1. The van der Waals surface area contributed by atoms with Crippen molar-refractivity contribution in [1.82, 2.24) is 10.2 Å². The number of rotatable bonds is 1. The summed E-state index contributed by atoms with van der Waals surface area (Å²) >= 11 is 0. The molecule has 2 amide bonds. The molecule has 1 aromatic rings. The summed E-state index contributed by atoms with van der Waals surface area (Å²) in [5.74, 6) is 1.52. The first kappa shape index (κ1) is 15.4. The number of nitrogens with zero attached hydrogens (tertiary/aromatic N) is 2. The molecule has 0 unspecified atom stereocenters. The quantitative estimate of drug-likeness (QED) is 0.861. The number of methoxy groups -OCH3 is 1. The maximum absolute atomic E-state index is 12.6. The van der Waals surface area contributed by atoms with Gasteiger partial charge in [-0.2, -0.15) is 0 Å². The molecule has 2 saturated heterocycles. The molecule has 6 heteroatoms. The topological polar surface area (TPSA) is 63.2 Å². The fraction of sp³-hybridized carbons (Fsp3) is 0.556. The molecule has 0 saturated carbocycles. The number of benzene rings is 1. The van der Waals surface area contributed by atoms with E-state index in [4.69, 9.17) is 9.47 Å². The predicted octanol–water partition coefficient (Wildman–Crippen LogP) is 2.49. The fourth-order valence-electron chi connectivity index (χ4n) is 3.98. The van der Waals surface area contributed by atoms with Gasteiger partial charge in [0.25, 0.3) is 0 Å². The van der Waals surface area contributed by atoms with Crippen LogP contribution in [-0.2, 0) is 11.2 Å². The summed E-state index contributed by atoms with van der Waals surface area (Å²) in [6.07, 6.45) is 3.79. The maximum Gasteiger partial charge on any atom is 0.322 e. The third-order valence-corrected chi connectivity index (χ3v) is 5.46. The van der Waals surface area contributed by atoms with E-state index in [2.05, 4.69) is 10.3 Å². The Morgan fingerprint density at radius 1 is 1.33 bits per heavy atom. The van der Waals surface area contributed by atoms with Crippen LogP contribution in [0.1, 0.15) is 24.8 Å². The standard InChI is InChI=1S/C18H23N3O3/c1-23-15-4-2-3-14-13(15)11-16(19-14)20-17(22)21-8-5-18(12-21)6-9-24-10-7-18/h2-4H,5-12H2,1H3,(H,19,20,22). The number of carbonyl (C=O) groups excluding carboxylic acids is 1. The van der Waals surface area contributed by atoms with E-state index in [0.717, 1.165) is 62.6 Å². The second-order valence-electron chi connectivity index (χ2n) is 6.91. The van der Waals surface area contributed by atoms with Crippen molar-refractivity contribution in [3.8, 4) is 5.75 Å². The lowest BCUT2D eigenvalue weighted by Crippen LogP contribution is -2.43. The van der Waals surface area contributed by atoms with E-state index < -0.39 is 0 Å². The van der Waals surface area contributed by atoms with Crippen molar-refractivity contribution in [2.45, 2.75) is 25.7 Å². The number of hydrogen-bond acceptors (Lipinski definition) is 4. The van der Waals surface area contributed by atoms with E-state index >= 15 is 0 Å². The van der Waals surface area contributed by atoms with Crippen molar-refractivity contribution in [2.75, 3.05) is 33.4 Å². The van der Waals surface area contributed by atoms with Crippen molar-refractivity contribution in [3.63, 3.8) is 0 Å². The second kappa shape index (κ2) is 6.09. The lowest BCUT2D eigenvalue weighted by molar-refractivity contribution is 0.0209. The Labute approximate surface area is 141 Å². The number of ether oxygens (including phenoxy) is 2. The van der Waals surface area contributed by atoms with Gasteiger partial charge in [0.15, 0.2) is 0 Å². The van der Waals surface area contributed by atoms with E-state index in [0.29, 0.717) is 12.3 Å². The highest BCUT2D eigenvalue weighted by molar-refractivity contribution is 6.02. The number of fused-ring (bicyclic) bond motifs is 1. The van der Waals surface area contributed by atoms with Gasteiger partial charge in [-0.15, -0.1) is 0 Å². The maximum atomic E-state index is 12.6. The van der Waals surface area contributed by atoms with Gasteiger partial charge in [0.1, 0.15) is 11.6 Å². The fourth-order valence-corrected chi connectivity index (χ4v) is 3.98. The van der Waals surface area contributed by atoms with Crippen LogP contribution >= 0.6 is 0 Å². The van der Waals surface area contributed by atoms with Crippen LogP contribution in [0.5, 0.6) is 5.75 Å². The van der Waals surface area contributed by atoms with Crippen LogP contribution in [0, 0.1) is 5.41 Å². The van der Waals surface area contributed by atoms with E-state index in [1.54, 1.807) is 7.11 Å². The Kier molecular flexibility index (Phi) is 3.92. The zero-order chi connectivity index (χ0) is 16.6. The summed E-state index contributed by atoms with van der Waals surface area (Å²) in [6, 6.07) is 5.75. The zero-order valence-electron chi connectivity index (χ0n) is 14.0. The van der Waals surface area contributed by atoms with E-state index in [-0.39, 0.29) is 11.4 Å². The summed E-state index contributed by atoms with van der Waals surface area (Å²) in [4.78, 5) is 19.1. The molecule has 3 aliphatic rings. The molecule has 2 fully saturated rings. The molecule has 128 valence electrons. The SMILES string of the molecule is COc1cccc2c1CC(NC(=O)N1CCC3(CCOCC3)C1)=N2. The second-order valence-corrected chi connectivity index (χ2v) is 6.91. The van der Waals surface area contributed by atoms with Crippen molar-refractivity contribution in [2.24, 2.45) is 10.4 Å². The Hall–Kier alpha value is -2.08. The van der Waals surface area contributed by atoms with Gasteiger partial charge in [-0.25, -0.2) is 9.79 Å². The van der Waals surface area contributed by atoms with Gasteiger partial charge in [-0.05, 0) is 36.8 Å². The van der Waals surface area contributed by atoms with E-state index in [1.807, 2.05) is 23.1 Å². The smallest absolute Gasteiger partial charge is 0.322 e. The normalized spacial score (nSPS) is 21.5. The van der Waals surface area contributed by atoms with Crippen molar-refractivity contribution in [1.29, 1.82) is 0 Å². The Balaban J connectivity index is 1.39. The van der Waals surface area contributed by atoms with Gasteiger partial charge >= 0.3 is 6.03 Å². The molecule has 24 heavy (non-hydrogen) atoms. The summed E-state index contributed by atoms with van der Waals surface area (Å²) in [5.41, 5.74) is 2.18. The number of amides is 2. The number of nitrogens with one attached hydrogen (secondary N) is 1. The third-order valence-electron chi connectivity index (χ3n) is 5.46. The van der Waals surface area contributed by atoms with Gasteiger partial charge in [0, 0.05) is 38.3 Å². The van der Waals surface area contributed by atoms with Crippen LogP contribution in [0.2, 0.25) is 0 Å². The van der Waals surface area contributed by atoms with Crippen LogP contribution < -0.4 is 10.1 Å². The van der Waals surface area contributed by atoms with Gasteiger partial charge < -0.3 is 14.4 Å². The van der Waals surface area contributed by atoms with Crippen LogP contribution in [-0.4, -0.2) is 50.2 Å². The Morgan fingerprint density at radius 2 is 2.17 bits per heavy atom. The van der Waals surface area contributed by atoms with Gasteiger partial charge in [-0.1, -0.05) is 6.07 Å². The number of hydrogen-bond donors (Lipinski definition) is 1. The molecule has 0 bridgehead atoms. The van der Waals surface area contributed by atoms with Crippen molar-refractivity contribution < 1.29 is 14.3 Å². The monoisotopic (exact) mass is 329 g/mol. The largest absolute Gasteiger partial charge is 0.496 e. The van der Waals surface area contributed by atoms with Crippen LogP contribution in [0.25, 0.3) is 0 Å². The summed E-state index contributed by atoms with van der Waals surface area (Å²) in [6.45, 7) is 3.27. The van der Waals surface area contributed by atoms with Crippen LogP contribution in [0.4, 0.5) is 10.5 Å². The van der Waals surface area contributed by atoms with Crippen molar-refractivity contribution >= 4 is 17.6 Å². The van der Waals surface area contributed by atoms with Crippen LogP contribution in [0.3, 0.4) is 0 Å². The van der Waals surface area contributed by atoms with Gasteiger partial charge in [0.2, 0.25) is 0 Å². The van der Waals surface area contributed by atoms with Gasteiger partial charge in [-0.3, -0.25) is 5.32 Å². The first-order valence-electron chi connectivity index (χ1n) is 8.56. The summed E-state index contributed by atoms with van der Waals surface area (Å²) in [5, 5.41) is 2.99. The molecule has 1 spiro atoms. The highest BCUT2D eigenvalue weighted by Gasteiger charge is 2.41. The Bertz CT molecular complexity index is 680. The molecule has 6 nitrogen and oxygen atoms in total. The molecule has 1 N–H and O–H groups in total. The summed E-state index contributed by atoms with van der Waals surface area (Å²) < 4.78 is 10.8. The molecular weight excluding hydrogens is 306 g/mol. The number of aliphatic imine (C=N–C) groups is 1. The predicted molar refractivity (Wildman–Crippen MR) is 91.0 cm³/mol.